The van der Waals surface area contributed by atoms with E-state index in [9.17, 15) is 9.59 Å². The van der Waals surface area contributed by atoms with E-state index in [2.05, 4.69) is 9.72 Å². The van der Waals surface area contributed by atoms with Gasteiger partial charge in [-0.15, -0.1) is 0 Å². The topological polar surface area (TPSA) is 76.5 Å². The Balaban J connectivity index is 3.01. The lowest BCUT2D eigenvalue weighted by molar-refractivity contribution is 0.0594. The summed E-state index contributed by atoms with van der Waals surface area (Å²) in [6.07, 6.45) is 0. The third-order valence-electron chi connectivity index (χ3n) is 1.44. The van der Waals surface area contributed by atoms with Gasteiger partial charge in [0.2, 0.25) is 0 Å². The molecular weight excluding hydrogens is 206 g/mol. The van der Waals surface area contributed by atoms with E-state index in [1.165, 1.54) is 25.3 Å². The molecule has 1 N–H and O–H groups in total. The summed E-state index contributed by atoms with van der Waals surface area (Å²) in [7, 11) is 1.22. The Morgan fingerprint density at radius 2 is 2.07 bits per heavy atom. The summed E-state index contributed by atoms with van der Waals surface area (Å²) in [4.78, 5) is 25.7. The van der Waals surface area contributed by atoms with E-state index in [0.717, 1.165) is 0 Å². The normalized spacial score (nSPS) is 9.57. The van der Waals surface area contributed by atoms with Gasteiger partial charge < -0.3 is 9.29 Å². The molecule has 0 aromatic carbocycles. The maximum atomic E-state index is 11.0. The molecule has 0 unspecified atom stereocenters. The van der Waals surface area contributed by atoms with Crippen LogP contribution in [0.3, 0.4) is 0 Å². The average molecular weight is 213 g/mol. The van der Waals surface area contributed by atoms with Crippen LogP contribution in [0.15, 0.2) is 18.2 Å². The molecule has 1 aromatic heterocycles. The molecule has 1 heterocycles. The number of methoxy groups -OCH3 is 1. The highest BCUT2D eigenvalue weighted by Crippen LogP contribution is 2.07. The smallest absolute Gasteiger partial charge is 0.356 e. The number of carbonyl (C=O) groups is 2. The van der Waals surface area contributed by atoms with E-state index in [0.29, 0.717) is 0 Å². The van der Waals surface area contributed by atoms with Gasteiger partial charge in [0, 0.05) is 0 Å². The van der Waals surface area contributed by atoms with Crippen LogP contribution in [0, 0.1) is 0 Å². The Morgan fingerprint density at radius 1 is 1.43 bits per heavy atom. The van der Waals surface area contributed by atoms with Crippen LogP contribution >= 0.6 is 12.0 Å². The van der Waals surface area contributed by atoms with Crippen molar-refractivity contribution >= 4 is 23.1 Å². The maximum Gasteiger partial charge on any atom is 0.356 e. The summed E-state index contributed by atoms with van der Waals surface area (Å²) in [5, 5.41) is -0.615. The Kier molecular flexibility index (Phi) is 3.61. The maximum absolute atomic E-state index is 11.0. The average Bonchev–Trinajstić information content (AvgIpc) is 2.27. The van der Waals surface area contributed by atoms with Crippen molar-refractivity contribution < 1.29 is 18.9 Å². The van der Waals surface area contributed by atoms with Gasteiger partial charge in [-0.3, -0.25) is 4.79 Å². The molecule has 5 nitrogen and oxygen atoms in total. The summed E-state index contributed by atoms with van der Waals surface area (Å²) in [6, 6.07) is 4.31. The van der Waals surface area contributed by atoms with E-state index in [1.54, 1.807) is 0 Å². The molecule has 1 aromatic rings. The summed E-state index contributed by atoms with van der Waals surface area (Å²) in [6.45, 7) is 0. The lowest BCUT2D eigenvalue weighted by Gasteiger charge is -1.99. The van der Waals surface area contributed by atoms with E-state index in [4.69, 9.17) is 4.55 Å². The Morgan fingerprint density at radius 3 is 2.64 bits per heavy atom. The lowest BCUT2D eigenvalue weighted by atomic mass is 10.3. The Bertz CT molecular complexity index is 335. The van der Waals surface area contributed by atoms with Crippen LogP contribution < -0.4 is 0 Å². The van der Waals surface area contributed by atoms with Crippen molar-refractivity contribution in [2.75, 3.05) is 7.11 Å². The molecule has 0 fully saturated rings. The molecule has 0 aliphatic heterocycles. The third kappa shape index (κ3) is 2.30. The number of hydrogen-bond acceptors (Lipinski definition) is 6. The molecule has 74 valence electrons. The van der Waals surface area contributed by atoms with Crippen LogP contribution in [0.25, 0.3) is 0 Å². The monoisotopic (exact) mass is 213 g/mol. The van der Waals surface area contributed by atoms with E-state index < -0.39 is 11.1 Å². The van der Waals surface area contributed by atoms with Crippen LogP contribution in [0.1, 0.15) is 21.0 Å². The molecule has 0 radical (unpaired) electrons. The van der Waals surface area contributed by atoms with Crippen LogP contribution in [-0.4, -0.2) is 27.7 Å². The largest absolute Gasteiger partial charge is 0.464 e. The third-order valence-corrected chi connectivity index (χ3v) is 1.81. The van der Waals surface area contributed by atoms with Gasteiger partial charge in [0.25, 0.3) is 5.12 Å². The van der Waals surface area contributed by atoms with Gasteiger partial charge in [-0.1, -0.05) is 6.07 Å². The van der Waals surface area contributed by atoms with Gasteiger partial charge in [-0.2, -0.15) is 0 Å². The van der Waals surface area contributed by atoms with Crippen molar-refractivity contribution in [2.45, 2.75) is 0 Å². The summed E-state index contributed by atoms with van der Waals surface area (Å²) in [5.41, 5.74) is 0.0489. The molecule has 0 spiro atoms. The predicted octanol–water partition coefficient (Wildman–Crippen LogP) is 1.21. The van der Waals surface area contributed by atoms with Crippen LogP contribution in [0.2, 0.25) is 0 Å². The number of nitrogens with zero attached hydrogens (tertiary/aromatic N) is 1. The minimum Gasteiger partial charge on any atom is -0.464 e. The van der Waals surface area contributed by atoms with Crippen molar-refractivity contribution in [3.05, 3.63) is 29.6 Å². The number of hydrogen-bond donors (Lipinski definition) is 1. The first-order chi connectivity index (χ1) is 6.69. The first-order valence-corrected chi connectivity index (χ1v) is 4.37. The molecule has 0 saturated heterocycles. The fourth-order valence-corrected chi connectivity index (χ4v) is 1.02. The highest BCUT2D eigenvalue weighted by atomic mass is 32.2. The lowest BCUT2D eigenvalue weighted by Crippen LogP contribution is -2.07. The summed E-state index contributed by atoms with van der Waals surface area (Å²) < 4.78 is 12.9. The second kappa shape index (κ2) is 4.73. The minimum absolute atomic E-state index is 0.0143. The molecule has 0 amide bonds. The number of esters is 1. The highest BCUT2D eigenvalue weighted by molar-refractivity contribution is 8.09. The molecular formula is C8H7NO4S. The predicted molar refractivity (Wildman–Crippen MR) is 50.1 cm³/mol. The van der Waals surface area contributed by atoms with Gasteiger partial charge >= 0.3 is 5.97 Å². The van der Waals surface area contributed by atoms with Crippen molar-refractivity contribution in [2.24, 2.45) is 0 Å². The van der Waals surface area contributed by atoms with Gasteiger partial charge in [0.1, 0.15) is 11.4 Å². The van der Waals surface area contributed by atoms with Crippen LogP contribution in [0.4, 0.5) is 0 Å². The van der Waals surface area contributed by atoms with Crippen molar-refractivity contribution in [1.82, 2.24) is 4.98 Å². The van der Waals surface area contributed by atoms with Crippen LogP contribution in [-0.2, 0) is 4.74 Å². The van der Waals surface area contributed by atoms with E-state index in [-0.39, 0.29) is 23.4 Å². The second-order valence-electron chi connectivity index (χ2n) is 2.28. The second-order valence-corrected chi connectivity index (χ2v) is 2.83. The van der Waals surface area contributed by atoms with E-state index >= 15 is 0 Å². The highest BCUT2D eigenvalue weighted by Gasteiger charge is 2.11. The molecule has 1 rings (SSSR count). The zero-order valence-electron chi connectivity index (χ0n) is 7.26. The quantitative estimate of drug-likeness (QED) is 0.587. The zero-order valence-corrected chi connectivity index (χ0v) is 8.08. The fourth-order valence-electron chi connectivity index (χ4n) is 0.813. The number of aromatic nitrogens is 1. The van der Waals surface area contributed by atoms with Gasteiger partial charge in [-0.05, 0) is 12.1 Å². The summed E-state index contributed by atoms with van der Waals surface area (Å²) in [5.74, 6) is -0.623. The summed E-state index contributed by atoms with van der Waals surface area (Å²) >= 11 is 0.0524. The number of rotatable bonds is 2. The minimum atomic E-state index is -0.623. The molecule has 6 heteroatoms. The molecule has 0 bridgehead atoms. The molecule has 0 atom stereocenters. The molecule has 0 aliphatic carbocycles. The molecule has 14 heavy (non-hydrogen) atoms. The number of pyridine rings is 1. The molecule has 0 saturated carbocycles. The van der Waals surface area contributed by atoms with Crippen molar-refractivity contribution in [3.63, 3.8) is 0 Å². The molecule has 0 aliphatic rings. The zero-order chi connectivity index (χ0) is 10.6. The van der Waals surface area contributed by atoms with Gasteiger partial charge in [0.15, 0.2) is 0 Å². The fraction of sp³-hybridized carbons (Fsp3) is 0.125. The standard InChI is InChI=1S/C8H7NO4S/c1-13-7(10)5-3-2-4-6(9-5)8(11)14-12/h2-4,12H,1H3. The Labute approximate surface area is 84.3 Å². The number of carbonyl (C=O) groups excluding carboxylic acids is 2. The van der Waals surface area contributed by atoms with Gasteiger partial charge in [0.05, 0.1) is 19.2 Å². The van der Waals surface area contributed by atoms with E-state index in [1.807, 2.05) is 0 Å². The SMILES string of the molecule is COC(=O)c1cccc(C(=O)SO)n1. The van der Waals surface area contributed by atoms with Crippen LogP contribution in [0.5, 0.6) is 0 Å². The number of ether oxygens (including phenoxy) is 1. The van der Waals surface area contributed by atoms with Crippen molar-refractivity contribution in [1.29, 1.82) is 0 Å². The first kappa shape index (κ1) is 10.7. The first-order valence-electron chi connectivity index (χ1n) is 3.60. The Hall–Kier alpha value is -1.40. The van der Waals surface area contributed by atoms with Crippen molar-refractivity contribution in [3.8, 4) is 0 Å². The van der Waals surface area contributed by atoms with Gasteiger partial charge in [-0.25, -0.2) is 9.78 Å².